The molecule has 0 aliphatic rings. The highest BCUT2D eigenvalue weighted by molar-refractivity contribution is 5.27. The van der Waals surface area contributed by atoms with Gasteiger partial charge in [-0.05, 0) is 50.9 Å². The van der Waals surface area contributed by atoms with Gasteiger partial charge in [-0.1, -0.05) is 26.0 Å². The molecule has 2 atom stereocenters. The van der Waals surface area contributed by atoms with E-state index in [1.54, 1.807) is 0 Å². The molecule has 0 aliphatic heterocycles. The van der Waals surface area contributed by atoms with Crippen LogP contribution in [0.2, 0.25) is 0 Å². The predicted molar refractivity (Wildman–Crippen MR) is 73.7 cm³/mol. The Bertz CT molecular complexity index is 307. The van der Waals surface area contributed by atoms with Gasteiger partial charge in [0.2, 0.25) is 0 Å². The highest BCUT2D eigenvalue weighted by Gasteiger charge is 2.03. The summed E-state index contributed by atoms with van der Waals surface area (Å²) in [5.41, 5.74) is 1.36. The Balaban J connectivity index is 2.49. The smallest absolute Gasteiger partial charge is 0.119 e. The van der Waals surface area contributed by atoms with Crippen LogP contribution in [0.5, 0.6) is 5.75 Å². The second-order valence-electron chi connectivity index (χ2n) is 4.64. The van der Waals surface area contributed by atoms with Gasteiger partial charge in [0, 0.05) is 6.04 Å². The van der Waals surface area contributed by atoms with Crippen molar-refractivity contribution in [2.45, 2.75) is 52.7 Å². The van der Waals surface area contributed by atoms with Crippen molar-refractivity contribution >= 4 is 0 Å². The summed E-state index contributed by atoms with van der Waals surface area (Å²) in [5, 5.41) is 3.42. The van der Waals surface area contributed by atoms with Crippen molar-refractivity contribution < 1.29 is 4.74 Å². The minimum absolute atomic E-state index is 0.293. The Morgan fingerprint density at radius 2 is 1.76 bits per heavy atom. The van der Waals surface area contributed by atoms with Crippen molar-refractivity contribution in [2.24, 2.45) is 0 Å². The number of ether oxygens (including phenoxy) is 1. The summed E-state index contributed by atoms with van der Waals surface area (Å²) in [4.78, 5) is 0. The molecule has 1 aromatic carbocycles. The molecule has 1 rings (SSSR count). The van der Waals surface area contributed by atoms with E-state index in [4.69, 9.17) is 4.74 Å². The fourth-order valence-electron chi connectivity index (χ4n) is 1.79. The van der Waals surface area contributed by atoms with Crippen LogP contribution in [-0.2, 0) is 6.42 Å². The van der Waals surface area contributed by atoms with Crippen molar-refractivity contribution in [1.82, 2.24) is 5.32 Å². The fraction of sp³-hybridized carbons (Fsp3) is 0.600. The zero-order valence-corrected chi connectivity index (χ0v) is 11.5. The zero-order valence-electron chi connectivity index (χ0n) is 11.5. The van der Waals surface area contributed by atoms with Gasteiger partial charge in [-0.15, -0.1) is 0 Å². The first kappa shape index (κ1) is 14.0. The maximum Gasteiger partial charge on any atom is 0.119 e. The first-order chi connectivity index (χ1) is 8.15. The van der Waals surface area contributed by atoms with Crippen LogP contribution in [-0.4, -0.2) is 18.7 Å². The second-order valence-corrected chi connectivity index (χ2v) is 4.64. The average molecular weight is 235 g/mol. The van der Waals surface area contributed by atoms with Gasteiger partial charge in [0.1, 0.15) is 5.75 Å². The Morgan fingerprint density at radius 3 is 2.29 bits per heavy atom. The minimum atomic E-state index is 0.293. The largest absolute Gasteiger partial charge is 0.491 e. The number of benzene rings is 1. The summed E-state index contributed by atoms with van der Waals surface area (Å²) in [5.74, 6) is 0.971. The molecule has 0 fully saturated rings. The van der Waals surface area contributed by atoms with Crippen LogP contribution in [0.3, 0.4) is 0 Å². The predicted octanol–water partition coefficient (Wildman–Crippen LogP) is 3.40. The summed E-state index contributed by atoms with van der Waals surface area (Å²) >= 11 is 0. The summed E-state index contributed by atoms with van der Waals surface area (Å²) < 4.78 is 5.76. The molecule has 0 radical (unpaired) electrons. The number of hydrogen-bond acceptors (Lipinski definition) is 2. The van der Waals surface area contributed by atoms with E-state index in [1.165, 1.54) is 5.56 Å². The van der Waals surface area contributed by atoms with Gasteiger partial charge >= 0.3 is 0 Å². The fourth-order valence-corrected chi connectivity index (χ4v) is 1.79. The average Bonchev–Trinajstić information content (AvgIpc) is 2.32. The molecule has 0 spiro atoms. The maximum absolute atomic E-state index is 5.76. The van der Waals surface area contributed by atoms with Crippen LogP contribution in [0.25, 0.3) is 0 Å². The van der Waals surface area contributed by atoms with E-state index in [2.05, 4.69) is 57.3 Å². The molecule has 0 aromatic heterocycles. The van der Waals surface area contributed by atoms with E-state index >= 15 is 0 Å². The van der Waals surface area contributed by atoms with E-state index < -0.39 is 0 Å². The molecule has 0 bridgehead atoms. The van der Waals surface area contributed by atoms with E-state index in [0.29, 0.717) is 12.1 Å². The van der Waals surface area contributed by atoms with Gasteiger partial charge < -0.3 is 10.1 Å². The molecule has 0 saturated heterocycles. The zero-order chi connectivity index (χ0) is 12.7. The second kappa shape index (κ2) is 7.33. The first-order valence-corrected chi connectivity index (χ1v) is 6.64. The Kier molecular flexibility index (Phi) is 6.06. The Morgan fingerprint density at radius 1 is 1.12 bits per heavy atom. The molecule has 2 unspecified atom stereocenters. The number of nitrogens with one attached hydrogen (secondary N) is 1. The quantitative estimate of drug-likeness (QED) is 0.782. The van der Waals surface area contributed by atoms with Crippen molar-refractivity contribution in [2.75, 3.05) is 6.54 Å². The van der Waals surface area contributed by atoms with Gasteiger partial charge in [-0.2, -0.15) is 0 Å². The molecule has 2 heteroatoms. The Labute approximate surface area is 105 Å². The summed E-state index contributed by atoms with van der Waals surface area (Å²) in [6, 6.07) is 8.98. The molecule has 2 nitrogen and oxygen atoms in total. The first-order valence-electron chi connectivity index (χ1n) is 6.64. The molecule has 1 N–H and O–H groups in total. The number of rotatable bonds is 7. The molecule has 0 heterocycles. The van der Waals surface area contributed by atoms with Crippen molar-refractivity contribution in [3.63, 3.8) is 0 Å². The molecule has 0 amide bonds. The molecule has 1 aromatic rings. The van der Waals surface area contributed by atoms with E-state index in [1.807, 2.05) is 0 Å². The van der Waals surface area contributed by atoms with Crippen molar-refractivity contribution in [1.29, 1.82) is 0 Å². The lowest BCUT2D eigenvalue weighted by Gasteiger charge is -2.14. The normalized spacial score (nSPS) is 14.4. The summed E-state index contributed by atoms with van der Waals surface area (Å²) in [7, 11) is 0. The van der Waals surface area contributed by atoms with E-state index in [-0.39, 0.29) is 0 Å². The maximum atomic E-state index is 5.76. The number of hydrogen-bond donors (Lipinski definition) is 1. The topological polar surface area (TPSA) is 21.3 Å². The third kappa shape index (κ3) is 5.22. The van der Waals surface area contributed by atoms with Gasteiger partial charge in [-0.25, -0.2) is 0 Å². The molecule has 96 valence electrons. The lowest BCUT2D eigenvalue weighted by molar-refractivity contribution is 0.217. The Hall–Kier alpha value is -1.02. The van der Waals surface area contributed by atoms with Crippen LogP contribution in [0, 0.1) is 0 Å². The van der Waals surface area contributed by atoms with Crippen LogP contribution in [0.4, 0.5) is 0 Å². The van der Waals surface area contributed by atoms with Crippen LogP contribution >= 0.6 is 0 Å². The van der Waals surface area contributed by atoms with Crippen molar-refractivity contribution in [3.8, 4) is 5.75 Å². The van der Waals surface area contributed by atoms with E-state index in [0.717, 1.165) is 25.1 Å². The van der Waals surface area contributed by atoms with Gasteiger partial charge in [-0.3, -0.25) is 0 Å². The molecule has 0 aliphatic carbocycles. The van der Waals surface area contributed by atoms with Crippen LogP contribution in [0.1, 0.15) is 39.7 Å². The van der Waals surface area contributed by atoms with Gasteiger partial charge in [0.05, 0.1) is 6.10 Å². The van der Waals surface area contributed by atoms with Crippen LogP contribution < -0.4 is 10.1 Å². The lowest BCUT2D eigenvalue weighted by Crippen LogP contribution is -2.27. The third-order valence-electron chi connectivity index (χ3n) is 2.93. The molecular weight excluding hydrogens is 210 g/mol. The lowest BCUT2D eigenvalue weighted by atomic mass is 10.1. The van der Waals surface area contributed by atoms with Gasteiger partial charge in [0.15, 0.2) is 0 Å². The monoisotopic (exact) mass is 235 g/mol. The highest BCUT2D eigenvalue weighted by atomic mass is 16.5. The summed E-state index contributed by atoms with van der Waals surface area (Å²) in [6.07, 6.45) is 2.40. The van der Waals surface area contributed by atoms with Crippen LogP contribution in [0.15, 0.2) is 24.3 Å². The molecular formula is C15H25NO. The van der Waals surface area contributed by atoms with Gasteiger partial charge in [0.25, 0.3) is 0 Å². The van der Waals surface area contributed by atoms with Crippen molar-refractivity contribution in [3.05, 3.63) is 29.8 Å². The summed E-state index contributed by atoms with van der Waals surface area (Å²) in [6.45, 7) is 9.61. The molecule has 0 saturated carbocycles. The highest BCUT2D eigenvalue weighted by Crippen LogP contribution is 2.15. The minimum Gasteiger partial charge on any atom is -0.491 e. The SMILES string of the molecule is CCNC(C)Cc1ccc(OC(C)CC)cc1. The van der Waals surface area contributed by atoms with E-state index in [9.17, 15) is 0 Å². The molecule has 17 heavy (non-hydrogen) atoms. The number of likely N-dealkylation sites (N-methyl/N-ethyl adjacent to an activating group) is 1. The third-order valence-corrected chi connectivity index (χ3v) is 2.93. The standard InChI is InChI=1S/C15H25NO/c1-5-13(4)17-15-9-7-14(8-10-15)11-12(3)16-6-2/h7-10,12-13,16H,5-6,11H2,1-4H3.